The van der Waals surface area contributed by atoms with Crippen molar-refractivity contribution in [1.29, 1.82) is 0 Å². The maximum absolute atomic E-state index is 4.11. The van der Waals surface area contributed by atoms with Crippen LogP contribution in [0.5, 0.6) is 0 Å². The zero-order valence-electron chi connectivity index (χ0n) is 9.28. The van der Waals surface area contributed by atoms with Gasteiger partial charge < -0.3 is 5.32 Å². The highest BCUT2D eigenvalue weighted by Crippen LogP contribution is 2.30. The predicted octanol–water partition coefficient (Wildman–Crippen LogP) is 3.17. The van der Waals surface area contributed by atoms with Gasteiger partial charge in [-0.15, -0.1) is 0 Å². The van der Waals surface area contributed by atoms with Gasteiger partial charge in [0.25, 0.3) is 0 Å². The SMILES string of the molecule is CC1CCC(CCNc2ncns2)CC1. The van der Waals surface area contributed by atoms with Crippen LogP contribution >= 0.6 is 11.5 Å². The highest BCUT2D eigenvalue weighted by molar-refractivity contribution is 7.09. The quantitative estimate of drug-likeness (QED) is 0.855. The molecule has 1 aliphatic carbocycles. The average Bonchev–Trinajstić information content (AvgIpc) is 2.74. The molecule has 1 aliphatic rings. The Balaban J connectivity index is 1.62. The number of anilines is 1. The molecule has 4 heteroatoms. The van der Waals surface area contributed by atoms with Gasteiger partial charge in [-0.25, -0.2) is 4.98 Å². The Morgan fingerprint density at radius 2 is 2.20 bits per heavy atom. The Morgan fingerprint density at radius 3 is 2.87 bits per heavy atom. The highest BCUT2D eigenvalue weighted by atomic mass is 32.1. The first-order valence-electron chi connectivity index (χ1n) is 5.85. The van der Waals surface area contributed by atoms with Crippen molar-refractivity contribution in [3.8, 4) is 0 Å². The Hall–Kier alpha value is -0.640. The van der Waals surface area contributed by atoms with Gasteiger partial charge in [-0.2, -0.15) is 4.37 Å². The fourth-order valence-corrected chi connectivity index (χ4v) is 2.71. The van der Waals surface area contributed by atoms with E-state index in [0.29, 0.717) is 0 Å². The monoisotopic (exact) mass is 225 g/mol. The third-order valence-corrected chi connectivity index (χ3v) is 3.95. The minimum Gasteiger partial charge on any atom is -0.360 e. The number of hydrogen-bond acceptors (Lipinski definition) is 4. The van der Waals surface area contributed by atoms with Crippen molar-refractivity contribution < 1.29 is 0 Å². The van der Waals surface area contributed by atoms with E-state index in [4.69, 9.17) is 0 Å². The minimum absolute atomic E-state index is 0.932. The van der Waals surface area contributed by atoms with E-state index in [-0.39, 0.29) is 0 Å². The van der Waals surface area contributed by atoms with E-state index in [1.165, 1.54) is 43.6 Å². The van der Waals surface area contributed by atoms with Crippen molar-refractivity contribution in [3.63, 3.8) is 0 Å². The molecule has 15 heavy (non-hydrogen) atoms. The molecule has 0 aliphatic heterocycles. The summed E-state index contributed by atoms with van der Waals surface area (Å²) in [7, 11) is 0. The van der Waals surface area contributed by atoms with Crippen molar-refractivity contribution in [2.75, 3.05) is 11.9 Å². The van der Waals surface area contributed by atoms with E-state index in [9.17, 15) is 0 Å². The second-order valence-corrected chi connectivity index (χ2v) is 5.37. The molecular weight excluding hydrogens is 206 g/mol. The summed E-state index contributed by atoms with van der Waals surface area (Å²) in [5.74, 6) is 1.89. The molecular formula is C11H19N3S. The van der Waals surface area contributed by atoms with Crippen LogP contribution in [0.25, 0.3) is 0 Å². The van der Waals surface area contributed by atoms with Crippen LogP contribution in [0.15, 0.2) is 6.33 Å². The summed E-state index contributed by atoms with van der Waals surface area (Å²) in [5, 5.41) is 4.29. The van der Waals surface area contributed by atoms with E-state index >= 15 is 0 Å². The van der Waals surface area contributed by atoms with Gasteiger partial charge in [0.2, 0.25) is 5.13 Å². The van der Waals surface area contributed by atoms with Gasteiger partial charge >= 0.3 is 0 Å². The van der Waals surface area contributed by atoms with Gasteiger partial charge in [-0.05, 0) is 18.3 Å². The highest BCUT2D eigenvalue weighted by Gasteiger charge is 2.17. The molecule has 1 aromatic heterocycles. The van der Waals surface area contributed by atoms with Crippen LogP contribution in [0, 0.1) is 11.8 Å². The number of aromatic nitrogens is 2. The standard InChI is InChI=1S/C11H19N3S/c1-9-2-4-10(5-3-9)6-7-12-11-13-8-14-15-11/h8-10H,2-7H2,1H3,(H,12,13,14). The van der Waals surface area contributed by atoms with E-state index in [1.807, 2.05) is 0 Å². The van der Waals surface area contributed by atoms with Gasteiger partial charge in [0.05, 0.1) is 0 Å². The first-order valence-corrected chi connectivity index (χ1v) is 6.62. The fraction of sp³-hybridized carbons (Fsp3) is 0.818. The zero-order chi connectivity index (χ0) is 10.5. The van der Waals surface area contributed by atoms with Gasteiger partial charge in [0, 0.05) is 18.1 Å². The average molecular weight is 225 g/mol. The molecule has 0 atom stereocenters. The second kappa shape index (κ2) is 5.45. The molecule has 0 bridgehead atoms. The number of hydrogen-bond donors (Lipinski definition) is 1. The molecule has 1 N–H and O–H groups in total. The second-order valence-electron chi connectivity index (χ2n) is 4.59. The van der Waals surface area contributed by atoms with Crippen LogP contribution in [0.3, 0.4) is 0 Å². The van der Waals surface area contributed by atoms with E-state index in [2.05, 4.69) is 21.6 Å². The van der Waals surface area contributed by atoms with Gasteiger partial charge in [-0.1, -0.05) is 32.6 Å². The molecule has 0 saturated heterocycles. The molecule has 1 saturated carbocycles. The lowest BCUT2D eigenvalue weighted by Gasteiger charge is -2.25. The van der Waals surface area contributed by atoms with Crippen LogP contribution in [-0.2, 0) is 0 Å². The summed E-state index contributed by atoms with van der Waals surface area (Å²) >= 11 is 1.44. The minimum atomic E-state index is 0.932. The molecule has 0 spiro atoms. The topological polar surface area (TPSA) is 37.8 Å². The summed E-state index contributed by atoms with van der Waals surface area (Å²) in [6.45, 7) is 3.42. The van der Waals surface area contributed by atoms with E-state index < -0.39 is 0 Å². The molecule has 0 unspecified atom stereocenters. The Kier molecular flexibility index (Phi) is 3.94. The van der Waals surface area contributed by atoms with E-state index in [0.717, 1.165) is 23.5 Å². The maximum Gasteiger partial charge on any atom is 0.202 e. The third kappa shape index (κ3) is 3.45. The molecule has 0 aromatic carbocycles. The molecule has 84 valence electrons. The van der Waals surface area contributed by atoms with Gasteiger partial charge in [-0.3, -0.25) is 0 Å². The Bertz CT molecular complexity index is 265. The number of nitrogens with one attached hydrogen (secondary N) is 1. The molecule has 2 rings (SSSR count). The van der Waals surface area contributed by atoms with E-state index in [1.54, 1.807) is 6.33 Å². The van der Waals surface area contributed by atoms with Crippen molar-refractivity contribution in [2.24, 2.45) is 11.8 Å². The van der Waals surface area contributed by atoms with Crippen molar-refractivity contribution in [1.82, 2.24) is 9.36 Å². The van der Waals surface area contributed by atoms with Crippen LogP contribution in [0.2, 0.25) is 0 Å². The van der Waals surface area contributed by atoms with Crippen LogP contribution in [-0.4, -0.2) is 15.9 Å². The van der Waals surface area contributed by atoms with Gasteiger partial charge in [0.1, 0.15) is 6.33 Å². The van der Waals surface area contributed by atoms with Crippen molar-refractivity contribution >= 4 is 16.7 Å². The summed E-state index contributed by atoms with van der Waals surface area (Å²) in [6.07, 6.45) is 8.56. The summed E-state index contributed by atoms with van der Waals surface area (Å²) in [4.78, 5) is 4.11. The predicted molar refractivity (Wildman–Crippen MR) is 64.1 cm³/mol. The largest absolute Gasteiger partial charge is 0.360 e. The fourth-order valence-electron chi connectivity index (χ4n) is 2.25. The Labute approximate surface area is 95.5 Å². The summed E-state index contributed by atoms with van der Waals surface area (Å²) in [6, 6.07) is 0. The van der Waals surface area contributed by atoms with Gasteiger partial charge in [0.15, 0.2) is 0 Å². The van der Waals surface area contributed by atoms with Crippen molar-refractivity contribution in [2.45, 2.75) is 39.0 Å². The first-order chi connectivity index (χ1) is 7.34. The summed E-state index contributed by atoms with van der Waals surface area (Å²) in [5.41, 5.74) is 0. The number of rotatable bonds is 4. The molecule has 0 amide bonds. The van der Waals surface area contributed by atoms with Crippen molar-refractivity contribution in [3.05, 3.63) is 6.33 Å². The third-order valence-electron chi connectivity index (χ3n) is 3.33. The summed E-state index contributed by atoms with van der Waals surface area (Å²) < 4.78 is 3.97. The maximum atomic E-state index is 4.11. The molecule has 0 radical (unpaired) electrons. The normalized spacial score (nSPS) is 26.5. The zero-order valence-corrected chi connectivity index (χ0v) is 10.1. The lowest BCUT2D eigenvalue weighted by atomic mass is 9.81. The lowest BCUT2D eigenvalue weighted by Crippen LogP contribution is -2.15. The first kappa shape index (κ1) is 10.9. The molecule has 1 fully saturated rings. The smallest absolute Gasteiger partial charge is 0.202 e. The van der Waals surface area contributed by atoms with Crippen LogP contribution in [0.4, 0.5) is 5.13 Å². The Morgan fingerprint density at radius 1 is 1.40 bits per heavy atom. The molecule has 1 heterocycles. The number of nitrogens with zero attached hydrogens (tertiary/aromatic N) is 2. The van der Waals surface area contributed by atoms with Crippen LogP contribution < -0.4 is 5.32 Å². The molecule has 1 aromatic rings. The molecule has 3 nitrogen and oxygen atoms in total. The lowest BCUT2D eigenvalue weighted by molar-refractivity contribution is 0.282. The van der Waals surface area contributed by atoms with Crippen LogP contribution in [0.1, 0.15) is 39.0 Å².